The fourth-order valence-electron chi connectivity index (χ4n) is 5.70. The maximum atomic E-state index is 10.8. The Morgan fingerprint density at radius 3 is 2.56 bits per heavy atom. The second kappa shape index (κ2) is 12.2. The van der Waals surface area contributed by atoms with Crippen LogP contribution in [-0.2, 0) is 6.42 Å². The van der Waals surface area contributed by atoms with Crippen molar-refractivity contribution in [3.05, 3.63) is 41.5 Å². The van der Waals surface area contributed by atoms with Gasteiger partial charge < -0.3 is 14.9 Å². The molecule has 0 amide bonds. The van der Waals surface area contributed by atoms with Gasteiger partial charge >= 0.3 is 0 Å². The first-order valence-electron chi connectivity index (χ1n) is 13.2. The first-order valence-corrected chi connectivity index (χ1v) is 13.2. The molecule has 0 spiro atoms. The van der Waals surface area contributed by atoms with Crippen molar-refractivity contribution in [1.29, 1.82) is 0 Å². The number of rotatable bonds is 11. The summed E-state index contributed by atoms with van der Waals surface area (Å²) in [5.74, 6) is 7.16. The molecule has 6 atom stereocenters. The number of unbranched alkanes of at least 4 members (excludes halogenated alkanes) is 1. The molecule has 3 rings (SSSR count). The minimum atomic E-state index is -0.559. The topological polar surface area (TPSA) is 52.9 Å². The predicted molar refractivity (Wildman–Crippen MR) is 140 cm³/mol. The lowest BCUT2D eigenvalue weighted by atomic mass is 9.86. The van der Waals surface area contributed by atoms with Crippen molar-refractivity contribution in [2.75, 3.05) is 6.54 Å². The van der Waals surface area contributed by atoms with E-state index in [-0.39, 0.29) is 23.9 Å². The van der Waals surface area contributed by atoms with Crippen LogP contribution in [0.4, 0.5) is 0 Å². The zero-order chi connectivity index (χ0) is 24.8. The number of hydrogen-bond acceptors (Lipinski definition) is 4. The van der Waals surface area contributed by atoms with E-state index in [4.69, 9.17) is 4.74 Å². The second-order valence-electron chi connectivity index (χ2n) is 10.8. The van der Waals surface area contributed by atoms with Gasteiger partial charge in [0, 0.05) is 42.3 Å². The molecule has 1 fully saturated rings. The second-order valence-corrected chi connectivity index (χ2v) is 10.8. The van der Waals surface area contributed by atoms with Gasteiger partial charge in [-0.3, -0.25) is 4.90 Å². The van der Waals surface area contributed by atoms with E-state index in [1.54, 1.807) is 0 Å². The van der Waals surface area contributed by atoms with Gasteiger partial charge in [0.15, 0.2) is 0 Å². The molecule has 1 aliphatic carbocycles. The summed E-state index contributed by atoms with van der Waals surface area (Å²) < 4.78 is 6.44. The number of aliphatic hydroxyl groups is 2. The van der Waals surface area contributed by atoms with Crippen LogP contribution in [0.2, 0.25) is 0 Å². The van der Waals surface area contributed by atoms with E-state index in [0.29, 0.717) is 24.9 Å². The Bertz CT molecular complexity index is 873. The molecule has 0 aromatic heterocycles. The summed E-state index contributed by atoms with van der Waals surface area (Å²) in [6, 6.07) is 7.64. The molecule has 4 heteroatoms. The largest absolute Gasteiger partial charge is 0.489 e. The summed E-state index contributed by atoms with van der Waals surface area (Å²) in [6.07, 6.45) is 7.53. The average Bonchev–Trinajstić information content (AvgIpc) is 3.30. The Kier molecular flexibility index (Phi) is 9.65. The van der Waals surface area contributed by atoms with Crippen molar-refractivity contribution in [2.24, 2.45) is 11.8 Å². The fraction of sp³-hybridized carbons (Fsp3) is 0.667. The van der Waals surface area contributed by atoms with Gasteiger partial charge in [0.1, 0.15) is 11.9 Å². The van der Waals surface area contributed by atoms with E-state index in [1.807, 2.05) is 26.0 Å². The van der Waals surface area contributed by atoms with Gasteiger partial charge in [-0.2, -0.15) is 0 Å². The summed E-state index contributed by atoms with van der Waals surface area (Å²) >= 11 is 0. The zero-order valence-electron chi connectivity index (χ0n) is 22.0. The first-order chi connectivity index (χ1) is 16.2. The standard InChI is InChI=1S/C30H45NO3/c1-7-8-12-22(6)26(32)17-16-24-27(33)19-28-29(24)25-15-11-14-23(30(25)34-28)13-9-10-18-31(20(2)3)21(4)5/h11,14-17,20-22,24,26-29,32-33H,9-10,12-13,18-19H2,1-6H3/b17-16+/t22-,24+,26-,27-,28+,29+/m1/s1. The van der Waals surface area contributed by atoms with Crippen LogP contribution in [-0.4, -0.2) is 52.1 Å². The van der Waals surface area contributed by atoms with Crippen molar-refractivity contribution < 1.29 is 14.9 Å². The number of nitrogens with zero attached hydrogens (tertiary/aromatic N) is 1. The normalized spacial score (nSPS) is 25.4. The van der Waals surface area contributed by atoms with Crippen LogP contribution in [0.3, 0.4) is 0 Å². The molecule has 1 heterocycles. The third-order valence-electron chi connectivity index (χ3n) is 7.64. The summed E-state index contributed by atoms with van der Waals surface area (Å²) in [5.41, 5.74) is 2.51. The van der Waals surface area contributed by atoms with Gasteiger partial charge in [0.2, 0.25) is 0 Å². The third kappa shape index (κ3) is 6.25. The van der Waals surface area contributed by atoms with Gasteiger partial charge in [0.05, 0.1) is 12.2 Å². The minimum absolute atomic E-state index is 0.0127. The Morgan fingerprint density at radius 1 is 1.15 bits per heavy atom. The lowest BCUT2D eigenvalue weighted by Crippen LogP contribution is -2.37. The van der Waals surface area contributed by atoms with Crippen LogP contribution in [0.15, 0.2) is 30.4 Å². The number of para-hydroxylation sites is 1. The van der Waals surface area contributed by atoms with Crippen LogP contribution in [0.25, 0.3) is 0 Å². The van der Waals surface area contributed by atoms with Crippen LogP contribution >= 0.6 is 0 Å². The Morgan fingerprint density at radius 2 is 1.88 bits per heavy atom. The number of aliphatic hydroxyl groups excluding tert-OH is 2. The summed E-state index contributed by atoms with van der Waals surface area (Å²) in [7, 11) is 0. The van der Waals surface area contributed by atoms with Gasteiger partial charge in [-0.1, -0.05) is 37.3 Å². The van der Waals surface area contributed by atoms with Crippen LogP contribution in [0.5, 0.6) is 5.75 Å². The molecule has 2 aliphatic rings. The van der Waals surface area contributed by atoms with Gasteiger partial charge in [-0.15, -0.1) is 11.8 Å². The van der Waals surface area contributed by atoms with E-state index in [2.05, 4.69) is 62.6 Å². The minimum Gasteiger partial charge on any atom is -0.489 e. The quantitative estimate of drug-likeness (QED) is 0.263. The summed E-state index contributed by atoms with van der Waals surface area (Å²) in [4.78, 5) is 2.55. The number of fused-ring (bicyclic) bond motifs is 3. The van der Waals surface area contributed by atoms with Crippen molar-refractivity contribution in [3.63, 3.8) is 0 Å². The molecule has 1 aromatic rings. The lowest BCUT2D eigenvalue weighted by Gasteiger charge is -2.30. The fourth-order valence-corrected chi connectivity index (χ4v) is 5.70. The highest BCUT2D eigenvalue weighted by Crippen LogP contribution is 2.52. The van der Waals surface area contributed by atoms with Crippen molar-refractivity contribution in [1.82, 2.24) is 4.90 Å². The van der Waals surface area contributed by atoms with Crippen LogP contribution in [0, 0.1) is 23.7 Å². The van der Waals surface area contributed by atoms with E-state index in [9.17, 15) is 10.2 Å². The molecule has 0 radical (unpaired) electrons. The highest BCUT2D eigenvalue weighted by atomic mass is 16.5. The number of hydrogen-bond donors (Lipinski definition) is 2. The maximum Gasteiger partial charge on any atom is 0.126 e. The molecule has 1 aliphatic heterocycles. The van der Waals surface area contributed by atoms with Crippen molar-refractivity contribution in [3.8, 4) is 17.6 Å². The Hall–Kier alpha value is -1.80. The third-order valence-corrected chi connectivity index (χ3v) is 7.64. The number of benzene rings is 1. The van der Waals surface area contributed by atoms with E-state index >= 15 is 0 Å². The highest BCUT2D eigenvalue weighted by molar-refractivity contribution is 5.49. The maximum absolute atomic E-state index is 10.8. The monoisotopic (exact) mass is 467 g/mol. The SMILES string of the molecule is CC#CC[C@@H](C)[C@H](O)/C=C/[C@@H]1[C@H]2c3cccc(CCCCN(C(C)C)C(C)C)c3O[C@H]2C[C@H]1O. The molecule has 2 N–H and O–H groups in total. The number of aryl methyl sites for hydroxylation is 1. The van der Waals surface area contributed by atoms with Crippen LogP contribution < -0.4 is 4.74 Å². The molecule has 0 unspecified atom stereocenters. The average molecular weight is 468 g/mol. The van der Waals surface area contributed by atoms with Gasteiger partial charge in [0.25, 0.3) is 0 Å². The first kappa shape index (κ1) is 26.8. The van der Waals surface area contributed by atoms with E-state index in [1.165, 1.54) is 17.5 Å². The number of ether oxygens (including phenoxy) is 1. The van der Waals surface area contributed by atoms with E-state index < -0.39 is 12.2 Å². The van der Waals surface area contributed by atoms with Gasteiger partial charge in [-0.05, 0) is 71.9 Å². The van der Waals surface area contributed by atoms with Crippen molar-refractivity contribution >= 4 is 0 Å². The highest BCUT2D eigenvalue weighted by Gasteiger charge is 2.48. The van der Waals surface area contributed by atoms with Crippen LogP contribution in [0.1, 0.15) is 84.3 Å². The smallest absolute Gasteiger partial charge is 0.126 e. The molecule has 1 aromatic carbocycles. The molecule has 34 heavy (non-hydrogen) atoms. The molecule has 188 valence electrons. The Labute approximate surface area is 207 Å². The lowest BCUT2D eigenvalue weighted by molar-refractivity contribution is 0.134. The van der Waals surface area contributed by atoms with E-state index in [0.717, 1.165) is 25.1 Å². The van der Waals surface area contributed by atoms with Crippen molar-refractivity contribution in [2.45, 2.75) is 110 Å². The van der Waals surface area contributed by atoms with Gasteiger partial charge in [-0.25, -0.2) is 0 Å². The molecular weight excluding hydrogens is 422 g/mol. The molecule has 0 saturated heterocycles. The molecule has 0 bridgehead atoms. The molecule has 1 saturated carbocycles. The molecular formula is C30H45NO3. The summed E-state index contributed by atoms with van der Waals surface area (Å²) in [6.45, 7) is 14.0. The summed E-state index contributed by atoms with van der Waals surface area (Å²) in [5, 5.41) is 21.3. The zero-order valence-corrected chi connectivity index (χ0v) is 22.0. The predicted octanol–water partition coefficient (Wildman–Crippen LogP) is 5.32. The molecule has 4 nitrogen and oxygen atoms in total. The Balaban J connectivity index is 1.66.